The number of rotatable bonds is 8. The summed E-state index contributed by atoms with van der Waals surface area (Å²) in [7, 11) is 0. The van der Waals surface area contributed by atoms with E-state index in [1.807, 2.05) is 37.3 Å². The van der Waals surface area contributed by atoms with Gasteiger partial charge in [0.1, 0.15) is 12.2 Å². The van der Waals surface area contributed by atoms with Gasteiger partial charge >= 0.3 is 5.91 Å². The summed E-state index contributed by atoms with van der Waals surface area (Å²) < 4.78 is 17.1. The highest BCUT2D eigenvalue weighted by Crippen LogP contribution is 2.37. The highest BCUT2D eigenvalue weighted by molar-refractivity contribution is 6.32. The molecule has 0 saturated heterocycles. The van der Waals surface area contributed by atoms with Gasteiger partial charge in [-0.25, -0.2) is 5.43 Å². The minimum Gasteiger partial charge on any atom is -0.490 e. The summed E-state index contributed by atoms with van der Waals surface area (Å²) >= 11 is 12.4. The van der Waals surface area contributed by atoms with Gasteiger partial charge in [0.2, 0.25) is 0 Å². The van der Waals surface area contributed by atoms with Crippen LogP contribution < -0.4 is 14.9 Å². The summed E-state index contributed by atoms with van der Waals surface area (Å²) in [5.41, 5.74) is 4.65. The van der Waals surface area contributed by atoms with E-state index in [0.29, 0.717) is 45.9 Å². The highest BCUT2D eigenvalue weighted by Gasteiger charge is 2.14. The molecule has 0 radical (unpaired) electrons. The summed E-state index contributed by atoms with van der Waals surface area (Å²) in [6.07, 6.45) is 1.47. The van der Waals surface area contributed by atoms with Crippen LogP contribution in [0.4, 0.5) is 0 Å². The van der Waals surface area contributed by atoms with Gasteiger partial charge in [-0.3, -0.25) is 4.79 Å². The second kappa shape index (κ2) is 10.4. The fourth-order valence-electron chi connectivity index (χ4n) is 3.14. The third kappa shape index (κ3) is 5.66. The number of hydrogen-bond donors (Lipinski definition) is 1. The van der Waals surface area contributed by atoms with E-state index in [-0.39, 0.29) is 5.76 Å². The SMILES string of the molecule is CCOc1cc(/C=N/NC(=O)c2cc3cc(Cl)ccc3o2)cc(Cl)c1OCc1ccccc1. The third-order valence-electron chi connectivity index (χ3n) is 4.64. The Morgan fingerprint density at radius 3 is 2.67 bits per heavy atom. The molecule has 0 aliphatic heterocycles. The van der Waals surface area contributed by atoms with E-state index in [2.05, 4.69) is 10.5 Å². The molecule has 1 amide bonds. The maximum atomic E-state index is 12.4. The Labute approximate surface area is 200 Å². The lowest BCUT2D eigenvalue weighted by Crippen LogP contribution is -2.16. The van der Waals surface area contributed by atoms with E-state index in [0.717, 1.165) is 10.9 Å². The van der Waals surface area contributed by atoms with Crippen molar-refractivity contribution in [2.45, 2.75) is 13.5 Å². The van der Waals surface area contributed by atoms with Gasteiger partial charge in [0, 0.05) is 10.4 Å². The molecule has 3 aromatic carbocycles. The molecule has 0 aliphatic carbocycles. The van der Waals surface area contributed by atoms with E-state index in [1.165, 1.54) is 6.21 Å². The summed E-state index contributed by atoms with van der Waals surface area (Å²) in [5.74, 6) is 0.576. The number of hydrazone groups is 1. The Bertz CT molecular complexity index is 1300. The minimum absolute atomic E-state index is 0.127. The van der Waals surface area contributed by atoms with Crippen LogP contribution in [0.25, 0.3) is 11.0 Å². The summed E-state index contributed by atoms with van der Waals surface area (Å²) in [6, 6.07) is 19.9. The number of halogens is 2. The number of carbonyl (C=O) groups excluding carboxylic acids is 1. The molecule has 6 nitrogen and oxygen atoms in total. The normalized spacial score (nSPS) is 11.1. The van der Waals surface area contributed by atoms with Crippen molar-refractivity contribution < 1.29 is 18.7 Å². The van der Waals surface area contributed by atoms with Crippen molar-refractivity contribution in [3.63, 3.8) is 0 Å². The zero-order chi connectivity index (χ0) is 23.2. The first-order valence-electron chi connectivity index (χ1n) is 10.2. The average molecular weight is 483 g/mol. The number of benzene rings is 3. The van der Waals surface area contributed by atoms with Crippen molar-refractivity contribution in [1.29, 1.82) is 0 Å². The van der Waals surface area contributed by atoms with Gasteiger partial charge in [-0.1, -0.05) is 53.5 Å². The summed E-state index contributed by atoms with van der Waals surface area (Å²) in [5, 5.41) is 5.67. The maximum Gasteiger partial charge on any atom is 0.307 e. The van der Waals surface area contributed by atoms with E-state index in [1.54, 1.807) is 36.4 Å². The molecule has 0 saturated carbocycles. The van der Waals surface area contributed by atoms with Gasteiger partial charge < -0.3 is 13.9 Å². The fourth-order valence-corrected chi connectivity index (χ4v) is 3.60. The summed E-state index contributed by atoms with van der Waals surface area (Å²) in [4.78, 5) is 12.4. The molecule has 0 spiro atoms. The Hall–Kier alpha value is -3.48. The van der Waals surface area contributed by atoms with Gasteiger partial charge in [0.05, 0.1) is 17.8 Å². The van der Waals surface area contributed by atoms with Crippen molar-refractivity contribution in [3.8, 4) is 11.5 Å². The first kappa shape index (κ1) is 22.7. The smallest absolute Gasteiger partial charge is 0.307 e. The molecule has 1 N–H and O–H groups in total. The number of ether oxygens (including phenoxy) is 2. The highest BCUT2D eigenvalue weighted by atomic mass is 35.5. The first-order chi connectivity index (χ1) is 16.0. The van der Waals surface area contributed by atoms with Crippen LogP contribution in [0.1, 0.15) is 28.6 Å². The van der Waals surface area contributed by atoms with Crippen molar-refractivity contribution >= 4 is 46.3 Å². The number of fused-ring (bicyclic) bond motifs is 1. The van der Waals surface area contributed by atoms with Crippen molar-refractivity contribution in [2.75, 3.05) is 6.61 Å². The molecule has 0 aliphatic rings. The second-order valence-corrected chi connectivity index (χ2v) is 7.87. The molecule has 0 fully saturated rings. The van der Waals surface area contributed by atoms with Crippen LogP contribution in [0.5, 0.6) is 11.5 Å². The monoisotopic (exact) mass is 482 g/mol. The number of nitrogens with one attached hydrogen (secondary N) is 1. The molecular formula is C25H20Cl2N2O4. The molecule has 4 rings (SSSR count). The van der Waals surface area contributed by atoms with Crippen LogP contribution in [-0.4, -0.2) is 18.7 Å². The molecular weight excluding hydrogens is 463 g/mol. The molecule has 168 valence electrons. The van der Waals surface area contributed by atoms with Crippen LogP contribution in [-0.2, 0) is 6.61 Å². The number of furan rings is 1. The molecule has 33 heavy (non-hydrogen) atoms. The van der Waals surface area contributed by atoms with E-state index >= 15 is 0 Å². The third-order valence-corrected chi connectivity index (χ3v) is 5.16. The molecule has 0 unspecified atom stereocenters. The number of nitrogens with zero attached hydrogens (tertiary/aromatic N) is 1. The molecule has 1 aromatic heterocycles. The minimum atomic E-state index is -0.488. The maximum absolute atomic E-state index is 12.4. The lowest BCUT2D eigenvalue weighted by atomic mass is 10.2. The van der Waals surface area contributed by atoms with Crippen LogP contribution in [0.15, 0.2) is 76.2 Å². The van der Waals surface area contributed by atoms with Crippen LogP contribution in [0.2, 0.25) is 10.0 Å². The lowest BCUT2D eigenvalue weighted by Gasteiger charge is -2.14. The van der Waals surface area contributed by atoms with E-state index in [9.17, 15) is 4.79 Å². The number of carbonyl (C=O) groups is 1. The zero-order valence-electron chi connectivity index (χ0n) is 17.7. The van der Waals surface area contributed by atoms with Crippen LogP contribution >= 0.6 is 23.2 Å². The number of hydrogen-bond acceptors (Lipinski definition) is 5. The predicted octanol–water partition coefficient (Wildman–Crippen LogP) is 6.48. The topological polar surface area (TPSA) is 73.1 Å². The van der Waals surface area contributed by atoms with Gasteiger partial charge in [0.15, 0.2) is 17.3 Å². The molecule has 0 bridgehead atoms. The Kier molecular flexibility index (Phi) is 7.17. The standard InChI is InChI=1S/C25H20Cl2N2O4/c1-2-31-22-11-17(10-20(27)24(22)32-15-16-6-4-3-5-7-16)14-28-29-25(30)23-13-18-12-19(26)8-9-21(18)33-23/h3-14H,2,15H2,1H3,(H,29,30)/b28-14+. The van der Waals surface area contributed by atoms with E-state index < -0.39 is 5.91 Å². The first-order valence-corrected chi connectivity index (χ1v) is 10.9. The van der Waals surface area contributed by atoms with Gasteiger partial charge in [-0.15, -0.1) is 0 Å². The van der Waals surface area contributed by atoms with Gasteiger partial charge in [-0.2, -0.15) is 5.10 Å². The molecule has 0 atom stereocenters. The van der Waals surface area contributed by atoms with Crippen LogP contribution in [0, 0.1) is 0 Å². The van der Waals surface area contributed by atoms with E-state index in [4.69, 9.17) is 37.1 Å². The lowest BCUT2D eigenvalue weighted by molar-refractivity contribution is 0.0929. The summed E-state index contributed by atoms with van der Waals surface area (Å²) in [6.45, 7) is 2.66. The fraction of sp³-hybridized carbons (Fsp3) is 0.120. The molecule has 4 aromatic rings. The van der Waals surface area contributed by atoms with Crippen LogP contribution in [0.3, 0.4) is 0 Å². The zero-order valence-corrected chi connectivity index (χ0v) is 19.2. The number of amides is 1. The van der Waals surface area contributed by atoms with Gasteiger partial charge in [-0.05, 0) is 54.4 Å². The van der Waals surface area contributed by atoms with Crippen molar-refractivity contribution in [1.82, 2.24) is 5.43 Å². The molecule has 8 heteroatoms. The average Bonchev–Trinajstić information content (AvgIpc) is 3.23. The van der Waals surface area contributed by atoms with Crippen molar-refractivity contribution in [2.24, 2.45) is 5.10 Å². The van der Waals surface area contributed by atoms with Gasteiger partial charge in [0.25, 0.3) is 0 Å². The Balaban J connectivity index is 1.46. The van der Waals surface area contributed by atoms with Crippen molar-refractivity contribution in [3.05, 3.63) is 93.7 Å². The Morgan fingerprint density at radius 1 is 1.06 bits per heavy atom. The largest absolute Gasteiger partial charge is 0.490 e. The quantitative estimate of drug-likeness (QED) is 0.230. The second-order valence-electron chi connectivity index (χ2n) is 7.03. The molecule has 1 heterocycles. The Morgan fingerprint density at radius 2 is 1.88 bits per heavy atom. The predicted molar refractivity (Wildman–Crippen MR) is 130 cm³/mol.